The molecular formula is C9H9BrClNO. The SMILES string of the molecule is Nc1ccc(Cl)cc1C(=O)CCBr. The van der Waals surface area contributed by atoms with Crippen LogP contribution in [-0.2, 0) is 0 Å². The molecule has 0 fully saturated rings. The van der Waals surface area contributed by atoms with Gasteiger partial charge in [0.2, 0.25) is 0 Å². The van der Waals surface area contributed by atoms with E-state index in [0.29, 0.717) is 28.0 Å². The van der Waals surface area contributed by atoms with Crippen molar-refractivity contribution in [3.05, 3.63) is 28.8 Å². The van der Waals surface area contributed by atoms with E-state index < -0.39 is 0 Å². The van der Waals surface area contributed by atoms with E-state index in [4.69, 9.17) is 17.3 Å². The number of anilines is 1. The average Bonchev–Trinajstić information content (AvgIpc) is 2.09. The number of carbonyl (C=O) groups excluding carboxylic acids is 1. The number of benzene rings is 1. The van der Waals surface area contributed by atoms with Crippen molar-refractivity contribution in [2.24, 2.45) is 0 Å². The summed E-state index contributed by atoms with van der Waals surface area (Å²) in [5.41, 5.74) is 6.61. The number of nitrogen functional groups attached to an aromatic ring is 1. The Morgan fingerprint density at radius 1 is 1.54 bits per heavy atom. The molecule has 0 aliphatic rings. The highest BCUT2D eigenvalue weighted by Crippen LogP contribution is 2.19. The standard InChI is InChI=1S/C9H9BrClNO/c10-4-3-9(13)7-5-6(11)1-2-8(7)12/h1-2,5H,3-4,12H2. The van der Waals surface area contributed by atoms with Gasteiger partial charge >= 0.3 is 0 Å². The monoisotopic (exact) mass is 261 g/mol. The molecule has 2 N–H and O–H groups in total. The van der Waals surface area contributed by atoms with Crippen LogP contribution in [0, 0.1) is 0 Å². The van der Waals surface area contributed by atoms with Gasteiger partial charge in [-0.25, -0.2) is 0 Å². The topological polar surface area (TPSA) is 43.1 Å². The van der Waals surface area contributed by atoms with Crippen LogP contribution in [0.5, 0.6) is 0 Å². The molecule has 0 aliphatic carbocycles. The summed E-state index contributed by atoms with van der Waals surface area (Å²) in [7, 11) is 0. The Hall–Kier alpha value is -0.540. The number of ketones is 1. The highest BCUT2D eigenvalue weighted by molar-refractivity contribution is 9.09. The van der Waals surface area contributed by atoms with Crippen LogP contribution in [0.4, 0.5) is 5.69 Å². The summed E-state index contributed by atoms with van der Waals surface area (Å²) in [5, 5.41) is 1.17. The summed E-state index contributed by atoms with van der Waals surface area (Å²) >= 11 is 8.94. The molecule has 0 heterocycles. The van der Waals surface area contributed by atoms with Crippen LogP contribution in [-0.4, -0.2) is 11.1 Å². The maximum Gasteiger partial charge on any atom is 0.165 e. The Labute approximate surface area is 90.2 Å². The van der Waals surface area contributed by atoms with Crippen LogP contribution in [0.2, 0.25) is 5.02 Å². The molecule has 0 radical (unpaired) electrons. The van der Waals surface area contributed by atoms with Gasteiger partial charge < -0.3 is 5.73 Å². The van der Waals surface area contributed by atoms with E-state index in [1.165, 1.54) is 0 Å². The third kappa shape index (κ3) is 2.71. The highest BCUT2D eigenvalue weighted by Gasteiger charge is 2.08. The van der Waals surface area contributed by atoms with Gasteiger partial charge in [0.1, 0.15) is 0 Å². The number of alkyl halides is 1. The fourth-order valence-corrected chi connectivity index (χ4v) is 1.52. The highest BCUT2D eigenvalue weighted by atomic mass is 79.9. The zero-order valence-corrected chi connectivity index (χ0v) is 9.23. The lowest BCUT2D eigenvalue weighted by Gasteiger charge is -2.03. The van der Waals surface area contributed by atoms with Gasteiger partial charge in [-0.1, -0.05) is 27.5 Å². The second-order valence-electron chi connectivity index (χ2n) is 2.59. The fraction of sp³-hybridized carbons (Fsp3) is 0.222. The number of carbonyl (C=O) groups is 1. The maximum absolute atomic E-state index is 11.4. The summed E-state index contributed by atoms with van der Waals surface area (Å²) in [6.45, 7) is 0. The summed E-state index contributed by atoms with van der Waals surface area (Å²) < 4.78 is 0. The molecule has 1 aromatic carbocycles. The molecule has 0 aromatic heterocycles. The van der Waals surface area contributed by atoms with E-state index in [-0.39, 0.29) is 5.78 Å². The lowest BCUT2D eigenvalue weighted by Crippen LogP contribution is -2.03. The summed E-state index contributed by atoms with van der Waals surface area (Å²) in [6, 6.07) is 4.91. The zero-order valence-electron chi connectivity index (χ0n) is 6.89. The molecule has 4 heteroatoms. The first-order valence-electron chi connectivity index (χ1n) is 3.79. The second kappa shape index (κ2) is 4.63. The van der Waals surface area contributed by atoms with E-state index in [0.717, 1.165) is 0 Å². The van der Waals surface area contributed by atoms with Crippen LogP contribution >= 0.6 is 27.5 Å². The smallest absolute Gasteiger partial charge is 0.165 e. The number of hydrogen-bond acceptors (Lipinski definition) is 2. The summed E-state index contributed by atoms with van der Waals surface area (Å²) in [6.07, 6.45) is 0.435. The first kappa shape index (κ1) is 10.5. The molecule has 0 spiro atoms. The van der Waals surface area contributed by atoms with E-state index in [9.17, 15) is 4.79 Å². The number of hydrogen-bond donors (Lipinski definition) is 1. The number of halogens is 2. The van der Waals surface area contributed by atoms with Gasteiger partial charge in [0.25, 0.3) is 0 Å². The molecule has 0 bridgehead atoms. The number of nitrogens with two attached hydrogens (primary N) is 1. The first-order chi connectivity index (χ1) is 6.15. The van der Waals surface area contributed by atoms with Crippen molar-refractivity contribution in [1.29, 1.82) is 0 Å². The second-order valence-corrected chi connectivity index (χ2v) is 3.82. The third-order valence-electron chi connectivity index (χ3n) is 1.64. The Morgan fingerprint density at radius 2 is 2.23 bits per heavy atom. The van der Waals surface area contributed by atoms with Crippen LogP contribution < -0.4 is 5.73 Å². The van der Waals surface area contributed by atoms with Gasteiger partial charge in [-0.3, -0.25) is 4.79 Å². The molecule has 70 valence electrons. The maximum atomic E-state index is 11.4. The van der Waals surface area contributed by atoms with Gasteiger partial charge in [0, 0.05) is 28.0 Å². The molecule has 0 saturated carbocycles. The lowest BCUT2D eigenvalue weighted by molar-refractivity contribution is 0.0990. The van der Waals surface area contributed by atoms with Gasteiger partial charge in [0.15, 0.2) is 5.78 Å². The molecule has 1 rings (SSSR count). The molecule has 1 aromatic rings. The minimum atomic E-state index is 0.0110. The van der Waals surface area contributed by atoms with Crippen molar-refractivity contribution in [2.45, 2.75) is 6.42 Å². The quantitative estimate of drug-likeness (QED) is 0.517. The van der Waals surface area contributed by atoms with Crippen LogP contribution in [0.25, 0.3) is 0 Å². The number of Topliss-reactive ketones (excluding diaryl/α,β-unsaturated/α-hetero) is 1. The molecule has 0 saturated heterocycles. The fourth-order valence-electron chi connectivity index (χ4n) is 0.990. The predicted molar refractivity (Wildman–Crippen MR) is 58.6 cm³/mol. The Balaban J connectivity index is 2.99. The van der Waals surface area contributed by atoms with Crippen LogP contribution in [0.3, 0.4) is 0 Å². The van der Waals surface area contributed by atoms with Crippen molar-refractivity contribution >= 4 is 39.0 Å². The van der Waals surface area contributed by atoms with E-state index >= 15 is 0 Å². The normalized spacial score (nSPS) is 10.0. The first-order valence-corrected chi connectivity index (χ1v) is 5.29. The van der Waals surface area contributed by atoms with Crippen LogP contribution in [0.1, 0.15) is 16.8 Å². The van der Waals surface area contributed by atoms with Gasteiger partial charge in [-0.2, -0.15) is 0 Å². The van der Waals surface area contributed by atoms with Crippen molar-refractivity contribution < 1.29 is 4.79 Å². The summed E-state index contributed by atoms with van der Waals surface area (Å²) in [4.78, 5) is 11.4. The Kier molecular flexibility index (Phi) is 3.75. The largest absolute Gasteiger partial charge is 0.398 e. The molecule has 13 heavy (non-hydrogen) atoms. The van der Waals surface area contributed by atoms with E-state index in [2.05, 4.69) is 15.9 Å². The van der Waals surface area contributed by atoms with Crippen molar-refractivity contribution in [1.82, 2.24) is 0 Å². The average molecular weight is 263 g/mol. The van der Waals surface area contributed by atoms with Crippen molar-refractivity contribution in [3.63, 3.8) is 0 Å². The molecule has 0 atom stereocenters. The Morgan fingerprint density at radius 3 is 2.85 bits per heavy atom. The lowest BCUT2D eigenvalue weighted by atomic mass is 10.1. The Bertz CT molecular complexity index is 327. The molecule has 0 unspecified atom stereocenters. The zero-order chi connectivity index (χ0) is 9.84. The van der Waals surface area contributed by atoms with E-state index in [1.807, 2.05) is 0 Å². The molecular weight excluding hydrogens is 253 g/mol. The van der Waals surface area contributed by atoms with Crippen molar-refractivity contribution in [2.75, 3.05) is 11.1 Å². The van der Waals surface area contributed by atoms with Gasteiger partial charge in [-0.05, 0) is 18.2 Å². The van der Waals surface area contributed by atoms with Gasteiger partial charge in [-0.15, -0.1) is 0 Å². The summed E-state index contributed by atoms with van der Waals surface area (Å²) in [5.74, 6) is 0.0110. The molecule has 0 aliphatic heterocycles. The molecule has 2 nitrogen and oxygen atoms in total. The molecule has 0 amide bonds. The van der Waals surface area contributed by atoms with Gasteiger partial charge in [0.05, 0.1) is 0 Å². The third-order valence-corrected chi connectivity index (χ3v) is 2.27. The van der Waals surface area contributed by atoms with Crippen molar-refractivity contribution in [3.8, 4) is 0 Å². The minimum absolute atomic E-state index is 0.0110. The van der Waals surface area contributed by atoms with E-state index in [1.54, 1.807) is 18.2 Å². The predicted octanol–water partition coefficient (Wildman–Crippen LogP) is 2.89. The minimum Gasteiger partial charge on any atom is -0.398 e. The van der Waals surface area contributed by atoms with Crippen LogP contribution in [0.15, 0.2) is 18.2 Å². The number of rotatable bonds is 3.